The summed E-state index contributed by atoms with van der Waals surface area (Å²) in [4.78, 5) is 0. The van der Waals surface area contributed by atoms with Crippen LogP contribution in [0.15, 0.2) is 0 Å². The largest absolute Gasteiger partial charge is 0.138 e. The molecule has 1 saturated carbocycles. The first-order chi connectivity index (χ1) is 4.43. The molecule has 0 saturated heterocycles. The summed E-state index contributed by atoms with van der Waals surface area (Å²) in [6, 6.07) is 0. The van der Waals surface area contributed by atoms with Crippen molar-refractivity contribution in [3.05, 3.63) is 0 Å². The first-order valence-corrected chi connectivity index (χ1v) is 4.95. The van der Waals surface area contributed by atoms with Gasteiger partial charge in [-0.25, -0.2) is 0 Å². The van der Waals surface area contributed by atoms with Gasteiger partial charge in [-0.3, -0.25) is 0 Å². The lowest BCUT2D eigenvalue weighted by Gasteiger charge is -2.05. The van der Waals surface area contributed by atoms with E-state index in [9.17, 15) is 0 Å². The van der Waals surface area contributed by atoms with Crippen molar-refractivity contribution in [1.29, 1.82) is 0 Å². The van der Waals surface area contributed by atoms with Crippen LogP contribution in [0.1, 0.15) is 38.5 Å². The molecule has 9 heavy (non-hydrogen) atoms. The predicted octanol–water partition coefficient (Wildman–Crippen LogP) is 2.83. The van der Waals surface area contributed by atoms with Crippen molar-refractivity contribution in [1.82, 2.24) is 0 Å². The molecule has 1 rings (SSSR count). The quantitative estimate of drug-likeness (QED) is 0.534. The van der Waals surface area contributed by atoms with Crippen molar-refractivity contribution < 1.29 is 0 Å². The van der Waals surface area contributed by atoms with E-state index < -0.39 is 0 Å². The van der Waals surface area contributed by atoms with Gasteiger partial charge >= 0.3 is 0 Å². The summed E-state index contributed by atoms with van der Waals surface area (Å²) < 4.78 is 0. The maximum absolute atomic E-state index is 2.81. The van der Waals surface area contributed by atoms with Gasteiger partial charge in [-0.1, -0.05) is 32.1 Å². The van der Waals surface area contributed by atoms with Crippen LogP contribution in [0, 0.1) is 5.92 Å². The summed E-state index contributed by atoms with van der Waals surface area (Å²) in [6.07, 6.45) is 10.3. The highest BCUT2D eigenvalue weighted by Crippen LogP contribution is 2.28. The molecule has 0 heterocycles. The Hall–Kier alpha value is 0.430. The first-order valence-electron chi connectivity index (χ1n) is 4.13. The van der Waals surface area contributed by atoms with Crippen LogP contribution in [0.3, 0.4) is 0 Å². The molecular formula is C8H17P. The van der Waals surface area contributed by atoms with Gasteiger partial charge in [0.15, 0.2) is 0 Å². The number of hydrogen-bond donors (Lipinski definition) is 0. The lowest BCUT2D eigenvalue weighted by Crippen LogP contribution is -1.92. The highest BCUT2D eigenvalue weighted by Gasteiger charge is 2.13. The van der Waals surface area contributed by atoms with Gasteiger partial charge in [0.05, 0.1) is 0 Å². The molecule has 0 N–H and O–H groups in total. The van der Waals surface area contributed by atoms with Crippen LogP contribution in [0.2, 0.25) is 0 Å². The summed E-state index contributed by atoms with van der Waals surface area (Å²) in [6.45, 7) is 0. The summed E-state index contributed by atoms with van der Waals surface area (Å²) in [5.41, 5.74) is 0. The van der Waals surface area contributed by atoms with Gasteiger partial charge in [0.25, 0.3) is 0 Å². The van der Waals surface area contributed by atoms with E-state index in [2.05, 4.69) is 9.24 Å². The number of rotatable bonds is 3. The third-order valence-corrected chi connectivity index (χ3v) is 2.70. The molecule has 54 valence electrons. The Morgan fingerprint density at radius 3 is 2.44 bits per heavy atom. The molecule has 0 amide bonds. The van der Waals surface area contributed by atoms with E-state index in [1.54, 1.807) is 0 Å². The van der Waals surface area contributed by atoms with Gasteiger partial charge < -0.3 is 0 Å². The molecule has 1 heteroatoms. The maximum Gasteiger partial charge on any atom is -0.0381 e. The van der Waals surface area contributed by atoms with Gasteiger partial charge in [-0.05, 0) is 18.5 Å². The van der Waals surface area contributed by atoms with E-state index >= 15 is 0 Å². The Morgan fingerprint density at radius 1 is 1.22 bits per heavy atom. The van der Waals surface area contributed by atoms with Crippen LogP contribution >= 0.6 is 9.24 Å². The molecule has 1 aliphatic rings. The zero-order valence-corrected chi connectivity index (χ0v) is 7.26. The van der Waals surface area contributed by atoms with Crippen molar-refractivity contribution in [3.63, 3.8) is 0 Å². The third kappa shape index (κ3) is 2.67. The molecule has 0 bridgehead atoms. The Morgan fingerprint density at radius 2 is 1.89 bits per heavy atom. The topological polar surface area (TPSA) is 0 Å². The zero-order chi connectivity index (χ0) is 6.53. The monoisotopic (exact) mass is 144 g/mol. The third-order valence-electron chi connectivity index (χ3n) is 2.29. The van der Waals surface area contributed by atoms with Gasteiger partial charge in [0, 0.05) is 0 Å². The maximum atomic E-state index is 2.81. The fraction of sp³-hybridized carbons (Fsp3) is 1.00. The molecule has 0 aromatic carbocycles. The van der Waals surface area contributed by atoms with Crippen LogP contribution in [0.25, 0.3) is 0 Å². The molecule has 1 fully saturated rings. The van der Waals surface area contributed by atoms with Gasteiger partial charge in [-0.15, -0.1) is 9.24 Å². The van der Waals surface area contributed by atoms with E-state index in [1.807, 2.05) is 0 Å². The minimum atomic E-state index is 1.10. The molecule has 0 aliphatic heterocycles. The van der Waals surface area contributed by atoms with E-state index in [0.717, 1.165) is 5.92 Å². The molecule has 0 nitrogen and oxygen atoms in total. The molecule has 0 spiro atoms. The predicted molar refractivity (Wildman–Crippen MR) is 45.8 cm³/mol. The fourth-order valence-corrected chi connectivity index (χ4v) is 1.94. The van der Waals surface area contributed by atoms with Crippen molar-refractivity contribution in [2.24, 2.45) is 5.92 Å². The van der Waals surface area contributed by atoms with Gasteiger partial charge in [-0.2, -0.15) is 0 Å². The SMILES string of the molecule is PCCCC1CCCC1. The molecule has 0 aromatic heterocycles. The minimum absolute atomic E-state index is 1.10. The first kappa shape index (κ1) is 7.54. The summed E-state index contributed by atoms with van der Waals surface area (Å²) in [5, 5.41) is 0. The second-order valence-electron chi connectivity index (χ2n) is 3.08. The second kappa shape index (κ2) is 4.28. The van der Waals surface area contributed by atoms with Crippen LogP contribution < -0.4 is 0 Å². The van der Waals surface area contributed by atoms with Crippen LogP contribution in [-0.4, -0.2) is 6.16 Å². The van der Waals surface area contributed by atoms with Crippen molar-refractivity contribution in [3.8, 4) is 0 Å². The van der Waals surface area contributed by atoms with Crippen molar-refractivity contribution in [2.45, 2.75) is 38.5 Å². The fourth-order valence-electron chi connectivity index (χ4n) is 1.71. The Kier molecular flexibility index (Phi) is 3.58. The van der Waals surface area contributed by atoms with Crippen LogP contribution in [-0.2, 0) is 0 Å². The minimum Gasteiger partial charge on any atom is -0.138 e. The molecule has 1 unspecified atom stereocenters. The van der Waals surface area contributed by atoms with E-state index in [-0.39, 0.29) is 0 Å². The Bertz CT molecular complexity index is 65.0. The molecule has 1 atom stereocenters. The standard InChI is InChI=1S/C8H17P/c9-7-3-6-8-4-1-2-5-8/h8H,1-7,9H2. The average Bonchev–Trinajstić information content (AvgIpc) is 2.34. The number of hydrogen-bond acceptors (Lipinski definition) is 0. The lowest BCUT2D eigenvalue weighted by molar-refractivity contribution is 0.499. The normalized spacial score (nSPS) is 21.0. The van der Waals surface area contributed by atoms with Crippen molar-refractivity contribution >= 4 is 9.24 Å². The Balaban J connectivity index is 1.98. The Labute approximate surface area is 60.6 Å². The molecular weight excluding hydrogens is 127 g/mol. The van der Waals surface area contributed by atoms with Crippen LogP contribution in [0.4, 0.5) is 0 Å². The zero-order valence-electron chi connectivity index (χ0n) is 6.10. The molecule has 0 radical (unpaired) electrons. The molecule has 0 aromatic rings. The van der Waals surface area contributed by atoms with E-state index in [1.165, 1.54) is 44.7 Å². The van der Waals surface area contributed by atoms with Gasteiger partial charge in [0.1, 0.15) is 0 Å². The van der Waals surface area contributed by atoms with E-state index in [4.69, 9.17) is 0 Å². The van der Waals surface area contributed by atoms with E-state index in [0.29, 0.717) is 0 Å². The smallest absolute Gasteiger partial charge is 0.0381 e. The average molecular weight is 144 g/mol. The lowest BCUT2D eigenvalue weighted by atomic mass is 10.0. The van der Waals surface area contributed by atoms with Crippen LogP contribution in [0.5, 0.6) is 0 Å². The highest BCUT2D eigenvalue weighted by molar-refractivity contribution is 7.16. The highest BCUT2D eigenvalue weighted by atomic mass is 31.0. The summed E-state index contributed by atoms with van der Waals surface area (Å²) in [5.74, 6) is 1.10. The molecule has 1 aliphatic carbocycles. The summed E-state index contributed by atoms with van der Waals surface area (Å²) >= 11 is 0. The van der Waals surface area contributed by atoms with Gasteiger partial charge in [0.2, 0.25) is 0 Å². The van der Waals surface area contributed by atoms with Crippen molar-refractivity contribution in [2.75, 3.05) is 6.16 Å². The second-order valence-corrected chi connectivity index (χ2v) is 3.66. The summed E-state index contributed by atoms with van der Waals surface area (Å²) in [7, 11) is 2.81.